The van der Waals surface area contributed by atoms with E-state index in [1.807, 2.05) is 0 Å². The summed E-state index contributed by atoms with van der Waals surface area (Å²) >= 11 is 0. The lowest BCUT2D eigenvalue weighted by molar-refractivity contribution is -0.262. The van der Waals surface area contributed by atoms with Gasteiger partial charge in [-0.05, 0) is 46.9 Å². The molecule has 1 fully saturated rings. The van der Waals surface area contributed by atoms with Crippen LogP contribution in [0.4, 0.5) is 4.79 Å². The molecule has 0 aromatic heterocycles. The molecule has 1 heterocycles. The number of nitrogens with zero attached hydrogens (tertiary/aromatic N) is 9. The standard InChI is InChI=1S/C8H14N10O6/c1-22-7-6(20)5(19)2-4(24-7)3-23-8(21)10-12-14-16-18-17-15-13-11-9/h4-7,9,19-20H,2-3H2,1H3/t4-,5+,6+,7+/m0/s1. The molecule has 1 saturated heterocycles. The second-order valence-corrected chi connectivity index (χ2v) is 4.06. The highest BCUT2D eigenvalue weighted by Crippen LogP contribution is 2.21. The Labute approximate surface area is 133 Å². The average molecular weight is 346 g/mol. The van der Waals surface area contributed by atoms with Gasteiger partial charge in [-0.2, -0.15) is 5.53 Å². The third kappa shape index (κ3) is 7.05. The van der Waals surface area contributed by atoms with Crippen LogP contribution in [0.2, 0.25) is 0 Å². The van der Waals surface area contributed by atoms with Gasteiger partial charge in [-0.3, -0.25) is 0 Å². The number of carbonyl (C=O) groups is 1. The normalized spacial score (nSPS) is 28.3. The number of hydrogen-bond acceptors (Lipinski definition) is 7. The molecule has 0 spiro atoms. The molecule has 1 aliphatic rings. The molecule has 4 atom stereocenters. The van der Waals surface area contributed by atoms with Gasteiger partial charge in [0.15, 0.2) is 6.29 Å². The monoisotopic (exact) mass is 346 g/mol. The second-order valence-electron chi connectivity index (χ2n) is 4.06. The van der Waals surface area contributed by atoms with Crippen LogP contribution in [0.3, 0.4) is 0 Å². The predicted molar refractivity (Wildman–Crippen MR) is 68.2 cm³/mol. The van der Waals surface area contributed by atoms with Gasteiger partial charge in [0, 0.05) is 13.5 Å². The Morgan fingerprint density at radius 1 is 1.17 bits per heavy atom. The summed E-state index contributed by atoms with van der Waals surface area (Å²) in [5.41, 5.74) is 6.23. The van der Waals surface area contributed by atoms with Crippen LogP contribution in [0.5, 0.6) is 0 Å². The highest BCUT2D eigenvalue weighted by Gasteiger charge is 2.37. The molecule has 1 amide bonds. The van der Waals surface area contributed by atoms with Crippen molar-refractivity contribution >= 4 is 6.09 Å². The summed E-state index contributed by atoms with van der Waals surface area (Å²) in [4.78, 5) is 11.3. The average Bonchev–Trinajstić information content (AvgIpc) is 2.58. The molecule has 132 valence electrons. The van der Waals surface area contributed by atoms with Crippen LogP contribution in [0.1, 0.15) is 6.42 Å². The van der Waals surface area contributed by atoms with E-state index in [0.29, 0.717) is 0 Å². The lowest BCUT2D eigenvalue weighted by atomic mass is 10.0. The number of aliphatic hydroxyl groups excluding tert-OH is 2. The van der Waals surface area contributed by atoms with Crippen molar-refractivity contribution < 1.29 is 29.2 Å². The van der Waals surface area contributed by atoms with Gasteiger partial charge >= 0.3 is 6.09 Å². The molecule has 16 heteroatoms. The van der Waals surface area contributed by atoms with Gasteiger partial charge in [0.05, 0.1) is 12.2 Å². The van der Waals surface area contributed by atoms with Crippen LogP contribution in [0, 0.1) is 5.53 Å². The lowest BCUT2D eigenvalue weighted by Gasteiger charge is -2.35. The summed E-state index contributed by atoms with van der Waals surface area (Å²) in [6.07, 6.45) is -5.02. The number of ether oxygens (including phenoxy) is 3. The minimum absolute atomic E-state index is 0.0463. The van der Waals surface area contributed by atoms with E-state index in [2.05, 4.69) is 46.9 Å². The van der Waals surface area contributed by atoms with Gasteiger partial charge in [-0.1, -0.05) is 0 Å². The second kappa shape index (κ2) is 10.9. The summed E-state index contributed by atoms with van der Waals surface area (Å²) in [7, 11) is 1.30. The van der Waals surface area contributed by atoms with Crippen molar-refractivity contribution in [3.05, 3.63) is 0 Å². The molecular weight excluding hydrogens is 332 g/mol. The van der Waals surface area contributed by atoms with Crippen molar-refractivity contribution in [1.29, 1.82) is 5.53 Å². The molecule has 16 nitrogen and oxygen atoms in total. The third-order valence-corrected chi connectivity index (χ3v) is 2.54. The summed E-state index contributed by atoms with van der Waals surface area (Å²) < 4.78 is 14.8. The predicted octanol–water partition coefficient (Wildman–Crippen LogP) is 1.11. The van der Waals surface area contributed by atoms with E-state index in [4.69, 9.17) is 19.7 Å². The Balaban J connectivity index is 2.31. The number of aliphatic hydroxyl groups is 2. The number of rotatable bonds is 7. The van der Waals surface area contributed by atoms with Crippen LogP contribution in [0.15, 0.2) is 46.9 Å². The number of hydrogen-bond donors (Lipinski definition) is 3. The van der Waals surface area contributed by atoms with Gasteiger partial charge in [0.25, 0.3) is 0 Å². The molecule has 0 radical (unpaired) electrons. The molecule has 1 aliphatic heterocycles. The summed E-state index contributed by atoms with van der Waals surface area (Å²) in [5.74, 6) is 0. The van der Waals surface area contributed by atoms with Gasteiger partial charge < -0.3 is 24.4 Å². The first-order valence-electron chi connectivity index (χ1n) is 6.27. The van der Waals surface area contributed by atoms with Crippen LogP contribution >= 0.6 is 0 Å². The Bertz CT molecular complexity index is 523. The molecule has 3 N–H and O–H groups in total. The Hall–Kier alpha value is -2.69. The van der Waals surface area contributed by atoms with E-state index >= 15 is 0 Å². The molecule has 0 aromatic rings. The first kappa shape index (κ1) is 19.4. The van der Waals surface area contributed by atoms with E-state index in [1.165, 1.54) is 7.11 Å². The molecule has 0 aromatic carbocycles. The number of carbonyl (C=O) groups excluding carboxylic acids is 1. The van der Waals surface area contributed by atoms with Crippen molar-refractivity contribution in [3.8, 4) is 0 Å². The molecule has 24 heavy (non-hydrogen) atoms. The number of amides is 1. The topological polar surface area (TPSA) is 220 Å². The van der Waals surface area contributed by atoms with Gasteiger partial charge in [-0.25, -0.2) is 4.79 Å². The van der Waals surface area contributed by atoms with Crippen molar-refractivity contribution in [2.45, 2.75) is 31.0 Å². The summed E-state index contributed by atoms with van der Waals surface area (Å²) in [5, 5.41) is 45.1. The van der Waals surface area contributed by atoms with Crippen molar-refractivity contribution in [3.63, 3.8) is 0 Å². The fourth-order valence-corrected chi connectivity index (χ4v) is 1.58. The highest BCUT2D eigenvalue weighted by atomic mass is 16.7. The molecule has 1 rings (SSSR count). The Kier molecular flexibility index (Phi) is 8.82. The highest BCUT2D eigenvalue weighted by molar-refractivity contribution is 5.67. The van der Waals surface area contributed by atoms with Crippen molar-refractivity contribution in [2.24, 2.45) is 46.9 Å². The van der Waals surface area contributed by atoms with E-state index in [-0.39, 0.29) is 13.0 Å². The summed E-state index contributed by atoms with van der Waals surface area (Å²) in [6, 6.07) is 0. The fraction of sp³-hybridized carbons (Fsp3) is 0.875. The smallest absolute Gasteiger partial charge is 0.444 e. The molecule has 0 bridgehead atoms. The quantitative estimate of drug-likeness (QED) is 0.452. The molecule has 0 saturated carbocycles. The zero-order valence-corrected chi connectivity index (χ0v) is 12.3. The van der Waals surface area contributed by atoms with Gasteiger partial charge in [-0.15, -0.1) is 0 Å². The number of nitrogens with one attached hydrogen (secondary N) is 1. The number of methoxy groups -OCH3 is 1. The molecular formula is C8H14N10O6. The van der Waals surface area contributed by atoms with Crippen molar-refractivity contribution in [2.75, 3.05) is 13.7 Å². The third-order valence-electron chi connectivity index (χ3n) is 2.54. The Morgan fingerprint density at radius 2 is 1.79 bits per heavy atom. The largest absolute Gasteiger partial charge is 0.454 e. The van der Waals surface area contributed by atoms with Crippen LogP contribution in [0.25, 0.3) is 0 Å². The Morgan fingerprint density at radius 3 is 2.42 bits per heavy atom. The van der Waals surface area contributed by atoms with E-state index < -0.39 is 30.7 Å². The minimum atomic E-state index is -1.19. The van der Waals surface area contributed by atoms with Gasteiger partial charge in [0.2, 0.25) is 0 Å². The maximum atomic E-state index is 11.3. The van der Waals surface area contributed by atoms with E-state index in [0.717, 1.165) is 0 Å². The zero-order valence-electron chi connectivity index (χ0n) is 12.3. The SMILES string of the molecule is CO[C@@H]1O[C@H](COC(=O)N=NN=NN=NN=NN=N)C[C@@H](O)[C@H]1O. The maximum absolute atomic E-state index is 11.3. The maximum Gasteiger partial charge on any atom is 0.454 e. The van der Waals surface area contributed by atoms with Crippen molar-refractivity contribution in [1.82, 2.24) is 0 Å². The van der Waals surface area contributed by atoms with Crippen LogP contribution in [-0.4, -0.2) is 54.6 Å². The first-order valence-corrected chi connectivity index (χ1v) is 6.27. The minimum Gasteiger partial charge on any atom is -0.444 e. The zero-order chi connectivity index (χ0) is 17.8. The van der Waals surface area contributed by atoms with Crippen LogP contribution in [-0.2, 0) is 14.2 Å². The summed E-state index contributed by atoms with van der Waals surface area (Å²) in [6.45, 7) is -0.241. The van der Waals surface area contributed by atoms with E-state index in [9.17, 15) is 15.0 Å². The lowest BCUT2D eigenvalue weighted by Crippen LogP contribution is -2.50. The van der Waals surface area contributed by atoms with E-state index in [1.54, 1.807) is 0 Å². The first-order chi connectivity index (χ1) is 11.6. The van der Waals surface area contributed by atoms with Crippen LogP contribution < -0.4 is 0 Å². The molecule has 0 aliphatic carbocycles. The van der Waals surface area contributed by atoms with Gasteiger partial charge in [0.1, 0.15) is 12.7 Å². The fourth-order valence-electron chi connectivity index (χ4n) is 1.58. The molecule has 0 unspecified atom stereocenters.